The van der Waals surface area contributed by atoms with Crippen molar-refractivity contribution < 1.29 is 33.4 Å². The summed E-state index contributed by atoms with van der Waals surface area (Å²) in [4.78, 5) is 38.9. The summed E-state index contributed by atoms with van der Waals surface area (Å²) in [5.41, 5.74) is 2.92. The molecular formula is C34H42N5O6+. The molecular weight excluding hydrogens is 574 g/mol. The number of rotatable bonds is 12. The quantitative estimate of drug-likeness (QED) is 0.197. The van der Waals surface area contributed by atoms with Crippen LogP contribution in [0.25, 0.3) is 0 Å². The fourth-order valence-electron chi connectivity index (χ4n) is 5.77. The highest BCUT2D eigenvalue weighted by atomic mass is 16.5. The van der Waals surface area contributed by atoms with E-state index in [1.807, 2.05) is 18.2 Å². The molecule has 11 nitrogen and oxygen atoms in total. The number of nitrogens with one attached hydrogen (secondary N) is 4. The van der Waals surface area contributed by atoms with Crippen molar-refractivity contribution in [1.82, 2.24) is 16.0 Å². The van der Waals surface area contributed by atoms with Crippen LogP contribution in [0.3, 0.4) is 0 Å². The van der Waals surface area contributed by atoms with E-state index < -0.39 is 12.1 Å². The van der Waals surface area contributed by atoms with Crippen molar-refractivity contribution in [2.75, 3.05) is 39.7 Å². The van der Waals surface area contributed by atoms with E-state index in [9.17, 15) is 19.5 Å². The van der Waals surface area contributed by atoms with E-state index in [1.165, 1.54) is 0 Å². The van der Waals surface area contributed by atoms with Crippen molar-refractivity contribution in [2.45, 2.75) is 50.4 Å². The molecule has 5 rings (SSSR count). The Hall–Kier alpha value is -4.77. The lowest BCUT2D eigenvalue weighted by atomic mass is 10.0. The molecule has 4 amide bonds. The average molecular weight is 617 g/mol. The van der Waals surface area contributed by atoms with E-state index >= 15 is 0 Å². The monoisotopic (exact) mass is 616 g/mol. The maximum absolute atomic E-state index is 13.6. The Morgan fingerprint density at radius 2 is 1.56 bits per heavy atom. The predicted octanol–water partition coefficient (Wildman–Crippen LogP) is 3.57. The Kier molecular flexibility index (Phi) is 9.77. The van der Waals surface area contributed by atoms with E-state index in [4.69, 9.17) is 9.47 Å². The third-order valence-electron chi connectivity index (χ3n) is 8.35. The molecule has 1 aliphatic carbocycles. The van der Waals surface area contributed by atoms with E-state index in [0.717, 1.165) is 54.5 Å². The Morgan fingerprint density at radius 3 is 2.22 bits per heavy atom. The number of phenolic OH excluding ortho intramolecular Hbond substituents is 1. The average Bonchev–Trinajstić information content (AvgIpc) is 3.77. The predicted molar refractivity (Wildman–Crippen MR) is 170 cm³/mol. The van der Waals surface area contributed by atoms with Crippen molar-refractivity contribution in [1.29, 1.82) is 0 Å². The van der Waals surface area contributed by atoms with Gasteiger partial charge in [0, 0.05) is 35.7 Å². The molecule has 0 aromatic heterocycles. The van der Waals surface area contributed by atoms with Gasteiger partial charge in [-0.2, -0.15) is 0 Å². The summed E-state index contributed by atoms with van der Waals surface area (Å²) in [5, 5.41) is 21.4. The number of nitrogens with zero attached hydrogens (tertiary/aromatic N) is 1. The number of carbonyl (C=O) groups is 3. The van der Waals surface area contributed by atoms with Gasteiger partial charge >= 0.3 is 6.03 Å². The van der Waals surface area contributed by atoms with E-state index in [1.54, 1.807) is 62.8 Å². The molecule has 0 bridgehead atoms. The number of likely N-dealkylation sites (N-methyl/N-ethyl adjacent to an activating group) is 1. The van der Waals surface area contributed by atoms with Gasteiger partial charge in [-0.05, 0) is 73.0 Å². The Balaban J connectivity index is 1.21. The zero-order chi connectivity index (χ0) is 32.0. The highest BCUT2D eigenvalue weighted by Crippen LogP contribution is 2.30. The maximum Gasteiger partial charge on any atom is 0.319 e. The van der Waals surface area contributed by atoms with Gasteiger partial charge in [-0.3, -0.25) is 9.59 Å². The molecule has 45 heavy (non-hydrogen) atoms. The first-order chi connectivity index (χ1) is 21.6. The number of amides is 4. The molecule has 0 spiro atoms. The third-order valence-corrected chi connectivity index (χ3v) is 8.35. The molecule has 1 aliphatic heterocycles. The number of urea groups is 1. The minimum absolute atomic E-state index is 0.0656. The zero-order valence-corrected chi connectivity index (χ0v) is 26.0. The number of benzene rings is 3. The molecule has 3 aromatic rings. The van der Waals surface area contributed by atoms with Crippen LogP contribution in [0.15, 0.2) is 66.7 Å². The van der Waals surface area contributed by atoms with Gasteiger partial charge in [0.2, 0.25) is 5.91 Å². The second-order valence-electron chi connectivity index (χ2n) is 12.2. The summed E-state index contributed by atoms with van der Waals surface area (Å²) in [7, 11) is 5.40. The molecule has 0 radical (unpaired) electrons. The summed E-state index contributed by atoms with van der Waals surface area (Å²) in [6.07, 6.45) is 3.05. The van der Waals surface area contributed by atoms with Crippen LogP contribution >= 0.6 is 0 Å². The lowest BCUT2D eigenvalue weighted by Crippen LogP contribution is -2.53. The van der Waals surface area contributed by atoms with Gasteiger partial charge in [0.1, 0.15) is 18.3 Å². The standard InChI is InChI=1S/C34H41N5O6/c1-39(20-23-6-15-30(44-2)31(19-23)45-3)17-16-27(21-39)36-33(42)29(18-22-4-13-28(40)14-5-22)38-34(43)37-26-9-7-24(8-10-26)32(41)35-25-11-12-25/h4-10,13-15,19,25,27,29H,11-12,16-18,20-21H2,1-3H3,(H4-,35,36,37,38,40,41,42,43)/p+1/t27-,29-,39?/m0/s1. The second-order valence-corrected chi connectivity index (χ2v) is 12.2. The van der Waals surface area contributed by atoms with Crippen LogP contribution < -0.4 is 30.7 Å². The van der Waals surface area contributed by atoms with Crippen LogP contribution in [0.4, 0.5) is 10.5 Å². The van der Waals surface area contributed by atoms with Crippen molar-refractivity contribution >= 4 is 23.5 Å². The molecule has 2 fully saturated rings. The van der Waals surface area contributed by atoms with E-state index in [2.05, 4.69) is 28.3 Å². The number of hydrogen-bond donors (Lipinski definition) is 5. The van der Waals surface area contributed by atoms with Gasteiger partial charge in [0.05, 0.1) is 40.4 Å². The lowest BCUT2D eigenvalue weighted by molar-refractivity contribution is -0.911. The number of ether oxygens (including phenoxy) is 2. The molecule has 1 saturated carbocycles. The lowest BCUT2D eigenvalue weighted by Gasteiger charge is -2.30. The third kappa shape index (κ3) is 8.66. The minimum Gasteiger partial charge on any atom is -0.508 e. The molecule has 11 heteroatoms. The van der Waals surface area contributed by atoms with Gasteiger partial charge in [0.15, 0.2) is 11.5 Å². The van der Waals surface area contributed by atoms with Gasteiger partial charge < -0.3 is 40.3 Å². The largest absolute Gasteiger partial charge is 0.508 e. The smallest absolute Gasteiger partial charge is 0.319 e. The summed E-state index contributed by atoms with van der Waals surface area (Å²) in [6.45, 7) is 2.38. The van der Waals surface area contributed by atoms with Gasteiger partial charge in [-0.1, -0.05) is 12.1 Å². The number of quaternary nitrogens is 1. The number of aromatic hydroxyl groups is 1. The maximum atomic E-state index is 13.6. The molecule has 5 N–H and O–H groups in total. The van der Waals surface area contributed by atoms with Crippen LogP contribution in [0.1, 0.15) is 40.7 Å². The number of anilines is 1. The van der Waals surface area contributed by atoms with Crippen LogP contribution in [0.5, 0.6) is 17.2 Å². The SMILES string of the molecule is COc1ccc(C[N+]2(C)CC[C@H](NC(=O)[C@H](Cc3ccc(O)cc3)NC(=O)Nc3ccc(C(=O)NC4CC4)cc3)C2)cc1OC. The molecule has 3 aromatic carbocycles. The van der Waals surface area contributed by atoms with Crippen molar-refractivity contribution in [2.24, 2.45) is 0 Å². The van der Waals surface area contributed by atoms with Gasteiger partial charge in [-0.15, -0.1) is 0 Å². The normalized spacial score (nSPS) is 19.7. The minimum atomic E-state index is -0.858. The van der Waals surface area contributed by atoms with E-state index in [-0.39, 0.29) is 36.1 Å². The first-order valence-electron chi connectivity index (χ1n) is 15.2. The number of likely N-dealkylation sites (tertiary alicyclic amines) is 1. The van der Waals surface area contributed by atoms with Crippen molar-refractivity contribution in [3.63, 3.8) is 0 Å². The summed E-state index contributed by atoms with van der Waals surface area (Å²) >= 11 is 0. The Labute approximate surface area is 263 Å². The van der Waals surface area contributed by atoms with E-state index in [0.29, 0.717) is 22.7 Å². The van der Waals surface area contributed by atoms with Crippen LogP contribution in [0.2, 0.25) is 0 Å². The molecule has 1 heterocycles. The molecule has 1 unspecified atom stereocenters. The number of methoxy groups -OCH3 is 2. The van der Waals surface area contributed by atoms with Gasteiger partial charge in [0.25, 0.3) is 5.91 Å². The van der Waals surface area contributed by atoms with Gasteiger partial charge in [-0.25, -0.2) is 4.79 Å². The molecule has 238 valence electrons. The number of hydrogen-bond acceptors (Lipinski definition) is 6. The molecule has 3 atom stereocenters. The second kappa shape index (κ2) is 13.9. The van der Waals surface area contributed by atoms with Crippen molar-refractivity contribution in [3.05, 3.63) is 83.4 Å². The fraction of sp³-hybridized carbons (Fsp3) is 0.382. The van der Waals surface area contributed by atoms with Crippen LogP contribution in [0, 0.1) is 0 Å². The Morgan fingerprint density at radius 1 is 0.867 bits per heavy atom. The molecule has 1 saturated heterocycles. The first kappa shape index (κ1) is 31.6. The summed E-state index contributed by atoms with van der Waals surface area (Å²) in [5.74, 6) is 1.07. The fourth-order valence-corrected chi connectivity index (χ4v) is 5.77. The van der Waals surface area contributed by atoms with Crippen LogP contribution in [-0.4, -0.2) is 79.9 Å². The number of phenols is 1. The molecule has 2 aliphatic rings. The zero-order valence-electron chi connectivity index (χ0n) is 26.0. The number of carbonyl (C=O) groups excluding carboxylic acids is 3. The topological polar surface area (TPSA) is 138 Å². The highest BCUT2D eigenvalue weighted by Gasteiger charge is 2.37. The van der Waals surface area contributed by atoms with Crippen molar-refractivity contribution in [3.8, 4) is 17.2 Å². The summed E-state index contributed by atoms with van der Waals surface area (Å²) < 4.78 is 11.6. The highest BCUT2D eigenvalue weighted by molar-refractivity contribution is 5.96. The van der Waals surface area contributed by atoms with Crippen LogP contribution in [-0.2, 0) is 17.8 Å². The Bertz CT molecular complexity index is 1510. The summed E-state index contributed by atoms with van der Waals surface area (Å²) in [6, 6.07) is 17.9. The first-order valence-corrected chi connectivity index (χ1v) is 15.2.